The van der Waals surface area contributed by atoms with Gasteiger partial charge in [0.25, 0.3) is 0 Å². The number of carboxylic acids is 1. The minimum Gasteiger partial charge on any atom is -0.481 e. The van der Waals surface area contributed by atoms with Crippen molar-refractivity contribution in [2.24, 2.45) is 0 Å². The van der Waals surface area contributed by atoms with Gasteiger partial charge < -0.3 is 15.7 Å². The standard InChI is InChI=1S/C15H18N2O3/c1-3-12(4-2)17-15(20)16-10-13(14(18)19)11-8-6-5-7-9-11/h1,5-9,12-13H,4,10H2,2H3,(H,18,19)(H2,16,17,20). The molecule has 2 atom stereocenters. The van der Waals surface area contributed by atoms with Gasteiger partial charge in [0.15, 0.2) is 0 Å². The number of benzene rings is 1. The molecule has 0 saturated carbocycles. The van der Waals surface area contributed by atoms with E-state index in [-0.39, 0.29) is 12.6 Å². The summed E-state index contributed by atoms with van der Waals surface area (Å²) in [4.78, 5) is 22.9. The van der Waals surface area contributed by atoms with Crippen LogP contribution in [0.3, 0.4) is 0 Å². The van der Waals surface area contributed by atoms with Crippen molar-refractivity contribution in [2.75, 3.05) is 6.54 Å². The van der Waals surface area contributed by atoms with E-state index in [0.717, 1.165) is 0 Å². The zero-order valence-corrected chi connectivity index (χ0v) is 11.3. The van der Waals surface area contributed by atoms with Crippen LogP contribution in [0.1, 0.15) is 24.8 Å². The lowest BCUT2D eigenvalue weighted by atomic mass is 9.99. The topological polar surface area (TPSA) is 78.4 Å². The number of nitrogens with one attached hydrogen (secondary N) is 2. The second-order valence-corrected chi connectivity index (χ2v) is 4.28. The minimum absolute atomic E-state index is 0.00614. The number of carbonyl (C=O) groups excluding carboxylic acids is 1. The molecule has 5 heteroatoms. The highest BCUT2D eigenvalue weighted by Gasteiger charge is 2.20. The number of carbonyl (C=O) groups is 2. The second kappa shape index (κ2) is 7.85. The largest absolute Gasteiger partial charge is 0.481 e. The van der Waals surface area contributed by atoms with Crippen LogP contribution in [0, 0.1) is 12.3 Å². The summed E-state index contributed by atoms with van der Waals surface area (Å²) in [5.41, 5.74) is 0.643. The zero-order chi connectivity index (χ0) is 15.0. The van der Waals surface area contributed by atoms with Gasteiger partial charge in [0.05, 0.1) is 12.0 Å². The number of aliphatic carboxylic acids is 1. The van der Waals surface area contributed by atoms with Crippen LogP contribution in [0.2, 0.25) is 0 Å². The average molecular weight is 274 g/mol. The molecule has 0 aliphatic rings. The van der Waals surface area contributed by atoms with Crippen molar-refractivity contribution in [1.29, 1.82) is 0 Å². The van der Waals surface area contributed by atoms with Crippen molar-refractivity contribution in [3.63, 3.8) is 0 Å². The number of amides is 2. The van der Waals surface area contributed by atoms with Gasteiger partial charge in [0.1, 0.15) is 0 Å². The van der Waals surface area contributed by atoms with E-state index in [1.165, 1.54) is 0 Å². The normalized spacial score (nSPS) is 12.8. The summed E-state index contributed by atoms with van der Waals surface area (Å²) in [5.74, 6) is 0.666. The molecule has 1 aromatic carbocycles. The van der Waals surface area contributed by atoms with Gasteiger partial charge in [-0.2, -0.15) is 0 Å². The lowest BCUT2D eigenvalue weighted by molar-refractivity contribution is -0.138. The third-order valence-electron chi connectivity index (χ3n) is 2.88. The number of hydrogen-bond donors (Lipinski definition) is 3. The molecule has 3 N–H and O–H groups in total. The Balaban J connectivity index is 2.59. The van der Waals surface area contributed by atoms with E-state index >= 15 is 0 Å². The number of rotatable bonds is 6. The Morgan fingerprint density at radius 2 is 2.00 bits per heavy atom. The lowest BCUT2D eigenvalue weighted by Gasteiger charge is -2.16. The molecule has 0 aromatic heterocycles. The van der Waals surface area contributed by atoms with Crippen LogP contribution >= 0.6 is 0 Å². The van der Waals surface area contributed by atoms with E-state index in [4.69, 9.17) is 6.42 Å². The summed E-state index contributed by atoms with van der Waals surface area (Å²) in [6.45, 7) is 1.86. The number of hydrogen-bond acceptors (Lipinski definition) is 2. The van der Waals surface area contributed by atoms with Crippen LogP contribution in [-0.4, -0.2) is 29.7 Å². The van der Waals surface area contributed by atoms with Crippen LogP contribution in [0.25, 0.3) is 0 Å². The summed E-state index contributed by atoms with van der Waals surface area (Å²) in [6, 6.07) is 7.95. The van der Waals surface area contributed by atoms with Crippen LogP contribution in [0.5, 0.6) is 0 Å². The first-order chi connectivity index (χ1) is 9.58. The highest BCUT2D eigenvalue weighted by Crippen LogP contribution is 2.14. The van der Waals surface area contributed by atoms with Gasteiger partial charge in [-0.3, -0.25) is 4.79 Å². The second-order valence-electron chi connectivity index (χ2n) is 4.28. The predicted octanol–water partition coefficient (Wildman–Crippen LogP) is 1.57. The molecule has 0 aliphatic heterocycles. The molecule has 0 saturated heterocycles. The third kappa shape index (κ3) is 4.65. The van der Waals surface area contributed by atoms with Gasteiger partial charge in [0, 0.05) is 6.54 Å². The highest BCUT2D eigenvalue weighted by molar-refractivity contribution is 5.79. The van der Waals surface area contributed by atoms with Crippen molar-refractivity contribution in [1.82, 2.24) is 10.6 Å². The van der Waals surface area contributed by atoms with Crippen LogP contribution in [0.4, 0.5) is 4.79 Å². The molecule has 2 amide bonds. The summed E-state index contributed by atoms with van der Waals surface area (Å²) >= 11 is 0. The van der Waals surface area contributed by atoms with E-state index in [0.29, 0.717) is 12.0 Å². The highest BCUT2D eigenvalue weighted by atomic mass is 16.4. The molecular weight excluding hydrogens is 256 g/mol. The molecule has 2 unspecified atom stereocenters. The van der Waals surface area contributed by atoms with Crippen molar-refractivity contribution < 1.29 is 14.7 Å². The van der Waals surface area contributed by atoms with Crippen molar-refractivity contribution in [3.8, 4) is 12.3 Å². The SMILES string of the molecule is C#CC(CC)NC(=O)NCC(C(=O)O)c1ccccc1. The maximum atomic E-state index is 11.6. The van der Waals surface area contributed by atoms with E-state index in [2.05, 4.69) is 16.6 Å². The Morgan fingerprint density at radius 3 is 2.50 bits per heavy atom. The summed E-state index contributed by atoms with van der Waals surface area (Å²) in [6.07, 6.45) is 5.86. The molecule has 0 radical (unpaired) electrons. The molecule has 20 heavy (non-hydrogen) atoms. The monoisotopic (exact) mass is 274 g/mol. The maximum Gasteiger partial charge on any atom is 0.315 e. The van der Waals surface area contributed by atoms with Crippen LogP contribution < -0.4 is 10.6 Å². The van der Waals surface area contributed by atoms with Gasteiger partial charge in [-0.25, -0.2) is 4.79 Å². The average Bonchev–Trinajstić information content (AvgIpc) is 2.45. The van der Waals surface area contributed by atoms with E-state index in [9.17, 15) is 14.7 Å². The van der Waals surface area contributed by atoms with E-state index in [1.54, 1.807) is 30.3 Å². The first-order valence-corrected chi connectivity index (χ1v) is 6.36. The molecule has 0 aliphatic carbocycles. The van der Waals surface area contributed by atoms with E-state index < -0.39 is 17.9 Å². The molecule has 1 aromatic rings. The van der Waals surface area contributed by atoms with Crippen molar-refractivity contribution in [3.05, 3.63) is 35.9 Å². The summed E-state index contributed by atoms with van der Waals surface area (Å²) < 4.78 is 0. The maximum absolute atomic E-state index is 11.6. The lowest BCUT2D eigenvalue weighted by Crippen LogP contribution is -2.43. The number of carboxylic acid groups (broad SMARTS) is 1. The Morgan fingerprint density at radius 1 is 1.35 bits per heavy atom. The van der Waals surface area contributed by atoms with Crippen LogP contribution in [-0.2, 0) is 4.79 Å². The summed E-state index contributed by atoms with van der Waals surface area (Å²) in [7, 11) is 0. The van der Waals surface area contributed by atoms with Gasteiger partial charge in [0.2, 0.25) is 0 Å². The molecule has 0 fully saturated rings. The van der Waals surface area contributed by atoms with E-state index in [1.807, 2.05) is 6.92 Å². The van der Waals surface area contributed by atoms with Gasteiger partial charge >= 0.3 is 12.0 Å². The molecule has 106 valence electrons. The van der Waals surface area contributed by atoms with Crippen LogP contribution in [0.15, 0.2) is 30.3 Å². The van der Waals surface area contributed by atoms with Gasteiger partial charge in [-0.1, -0.05) is 43.2 Å². The fourth-order valence-electron chi connectivity index (χ4n) is 1.70. The predicted molar refractivity (Wildman–Crippen MR) is 76.3 cm³/mol. The smallest absolute Gasteiger partial charge is 0.315 e. The first kappa shape index (κ1) is 15.6. The first-order valence-electron chi connectivity index (χ1n) is 6.36. The minimum atomic E-state index is -0.986. The Bertz CT molecular complexity index is 494. The Labute approximate surface area is 118 Å². The Kier molecular flexibility index (Phi) is 6.11. The zero-order valence-electron chi connectivity index (χ0n) is 11.3. The fraction of sp³-hybridized carbons (Fsp3) is 0.333. The third-order valence-corrected chi connectivity index (χ3v) is 2.88. The van der Waals surface area contributed by atoms with Crippen molar-refractivity contribution in [2.45, 2.75) is 25.3 Å². The van der Waals surface area contributed by atoms with Gasteiger partial charge in [-0.15, -0.1) is 6.42 Å². The molecule has 1 rings (SSSR count). The molecule has 0 heterocycles. The van der Waals surface area contributed by atoms with Gasteiger partial charge in [-0.05, 0) is 12.0 Å². The summed E-state index contributed by atoms with van der Waals surface area (Å²) in [5, 5.41) is 14.3. The molecule has 5 nitrogen and oxygen atoms in total. The quantitative estimate of drug-likeness (QED) is 0.689. The number of urea groups is 1. The molecular formula is C15H18N2O3. The number of terminal acetylenes is 1. The molecule has 0 bridgehead atoms. The molecule has 0 spiro atoms. The van der Waals surface area contributed by atoms with Crippen molar-refractivity contribution >= 4 is 12.0 Å². The Hall–Kier alpha value is -2.48. The fourth-order valence-corrected chi connectivity index (χ4v) is 1.70.